The largest absolute Gasteiger partial charge is 0.507 e. The number of alkyl halides is 6. The number of carbonyl (C=O) groups excluding carboxylic acids is 2. The lowest BCUT2D eigenvalue weighted by molar-refractivity contribution is -0.146. The Hall–Kier alpha value is -3.24. The van der Waals surface area contributed by atoms with E-state index in [1.165, 1.54) is 0 Å². The number of rotatable bonds is 8. The third kappa shape index (κ3) is 17.6. The van der Waals surface area contributed by atoms with E-state index in [1.54, 1.807) is 13.8 Å². The summed E-state index contributed by atoms with van der Waals surface area (Å²) in [6.45, 7) is 29.3. The summed E-state index contributed by atoms with van der Waals surface area (Å²) in [4.78, 5) is 25.7. The number of phenolic OH excluding ortho intramolecular Hbond substituents is 2. The number of fused-ring (bicyclic) bond motifs is 8. The Bertz CT molecular complexity index is 2100. The average Bonchev–Trinajstić information content (AvgIpc) is 3.17. The fraction of sp³-hybridized carbons (Fsp3) is 0.519. The molecule has 0 heterocycles. The molecule has 5 rings (SSSR count). The first-order valence-corrected chi connectivity index (χ1v) is 25.3. The fourth-order valence-electron chi connectivity index (χ4n) is 7.68. The molecule has 0 aliphatic heterocycles. The molecule has 4 aromatic carbocycles. The van der Waals surface area contributed by atoms with Crippen LogP contribution in [-0.2, 0) is 66.4 Å². The third-order valence-electron chi connectivity index (χ3n) is 11.3. The average molecular weight is 1060 g/mol. The molecule has 0 spiro atoms. The summed E-state index contributed by atoms with van der Waals surface area (Å²) in [7, 11) is 0. The van der Waals surface area contributed by atoms with Crippen molar-refractivity contribution in [2.24, 2.45) is 0 Å². The molecule has 4 aromatic rings. The first-order chi connectivity index (χ1) is 31.3. The molecular formula is C54H70Cl6O8. The molecular weight excluding hydrogens is 989 g/mol. The lowest BCUT2D eigenvalue weighted by atomic mass is 9.79. The van der Waals surface area contributed by atoms with Gasteiger partial charge in [-0.15, -0.1) is 0 Å². The van der Waals surface area contributed by atoms with Gasteiger partial charge in [-0.05, 0) is 102 Å². The number of phenols is 2. The quantitative estimate of drug-likeness (QED) is 0.117. The number of halogens is 6. The van der Waals surface area contributed by atoms with Crippen molar-refractivity contribution < 1.29 is 38.7 Å². The van der Waals surface area contributed by atoms with Crippen LogP contribution in [0.5, 0.6) is 23.0 Å². The highest BCUT2D eigenvalue weighted by Gasteiger charge is 2.29. The van der Waals surface area contributed by atoms with Crippen molar-refractivity contribution in [1.29, 1.82) is 0 Å². The van der Waals surface area contributed by atoms with E-state index in [0.717, 1.165) is 44.5 Å². The van der Waals surface area contributed by atoms with Crippen LogP contribution in [0.4, 0.5) is 0 Å². The summed E-state index contributed by atoms with van der Waals surface area (Å²) in [5.74, 6) is 0.418. The van der Waals surface area contributed by atoms with Crippen molar-refractivity contribution in [2.45, 2.75) is 153 Å². The van der Waals surface area contributed by atoms with Crippen molar-refractivity contribution in [1.82, 2.24) is 0 Å². The molecule has 0 amide bonds. The number of benzene rings is 4. The van der Waals surface area contributed by atoms with E-state index in [-0.39, 0.29) is 59.6 Å². The molecule has 0 fully saturated rings. The molecule has 0 saturated heterocycles. The van der Waals surface area contributed by atoms with Gasteiger partial charge in [0.1, 0.15) is 23.0 Å². The molecule has 0 unspecified atom stereocenters. The minimum Gasteiger partial charge on any atom is -0.507 e. The molecule has 8 bridgehead atoms. The van der Waals surface area contributed by atoms with Gasteiger partial charge in [0.15, 0.2) is 21.8 Å². The third-order valence-corrected chi connectivity index (χ3v) is 11.3. The van der Waals surface area contributed by atoms with E-state index in [9.17, 15) is 19.8 Å². The maximum atomic E-state index is 12.9. The summed E-state index contributed by atoms with van der Waals surface area (Å²) in [5, 5.41) is 24.8. The maximum absolute atomic E-state index is 12.9. The van der Waals surface area contributed by atoms with Gasteiger partial charge in [0, 0.05) is 25.7 Å². The highest BCUT2D eigenvalue weighted by atomic mass is 35.6. The topological polar surface area (TPSA) is 112 Å². The standard InChI is InChI=1S/C52H68O8.2CHCl3/c1-15-57-43(53)29-59-47-35-17-31-21-39(49(3,4)5)23-33(45(31)55)19-37-27-42(52(12,13)14)28-38(48(37)60-30-44(54)58-16-2)20-34-24-40(50(6,7)8)22-32(46(34)56)18-36(47)26-41(25-35)51(9,10)11;2*2-1(3)4/h21-28,55-56H,15-20,29-30H2,1-14H3;2*1H. The van der Waals surface area contributed by atoms with Gasteiger partial charge in [0.25, 0.3) is 0 Å². The van der Waals surface area contributed by atoms with Crippen molar-refractivity contribution >= 4 is 81.5 Å². The predicted octanol–water partition coefficient (Wildman–Crippen LogP) is 14.8. The number of ether oxygens (including phenoxy) is 4. The van der Waals surface area contributed by atoms with Crippen molar-refractivity contribution in [2.75, 3.05) is 26.4 Å². The van der Waals surface area contributed by atoms with Crippen LogP contribution in [-0.4, -0.2) is 57.2 Å². The molecule has 376 valence electrons. The van der Waals surface area contributed by atoms with Gasteiger partial charge in [-0.1, -0.05) is 201 Å². The summed E-state index contributed by atoms with van der Waals surface area (Å²) < 4.78 is 22.1. The highest BCUT2D eigenvalue weighted by molar-refractivity contribution is 6.63. The van der Waals surface area contributed by atoms with Crippen LogP contribution in [0.1, 0.15) is 164 Å². The van der Waals surface area contributed by atoms with Gasteiger partial charge in [0.2, 0.25) is 0 Å². The van der Waals surface area contributed by atoms with E-state index in [4.69, 9.17) is 88.6 Å². The van der Waals surface area contributed by atoms with E-state index in [0.29, 0.717) is 59.4 Å². The van der Waals surface area contributed by atoms with Crippen molar-refractivity contribution in [3.8, 4) is 23.0 Å². The Balaban J connectivity index is 0.00000142. The van der Waals surface area contributed by atoms with Gasteiger partial charge in [0.05, 0.1) is 13.2 Å². The maximum Gasteiger partial charge on any atom is 0.344 e. The Kier molecular flexibility index (Phi) is 21.5. The molecule has 0 aromatic heterocycles. The minimum atomic E-state index is -0.750. The molecule has 8 nitrogen and oxygen atoms in total. The van der Waals surface area contributed by atoms with E-state index in [2.05, 4.69) is 132 Å². The minimum absolute atomic E-state index is 0.158. The van der Waals surface area contributed by atoms with Crippen molar-refractivity contribution in [3.63, 3.8) is 0 Å². The van der Waals surface area contributed by atoms with Gasteiger partial charge in [-0.3, -0.25) is 0 Å². The molecule has 68 heavy (non-hydrogen) atoms. The van der Waals surface area contributed by atoms with Gasteiger partial charge >= 0.3 is 11.9 Å². The second-order valence-corrected chi connectivity index (χ2v) is 24.9. The van der Waals surface area contributed by atoms with Crippen LogP contribution < -0.4 is 9.47 Å². The summed E-state index contributed by atoms with van der Waals surface area (Å²) in [6.07, 6.45) is 1.21. The second kappa shape index (κ2) is 24.7. The van der Waals surface area contributed by atoms with Crippen LogP contribution in [0, 0.1) is 0 Å². The number of hydrogen-bond donors (Lipinski definition) is 2. The van der Waals surface area contributed by atoms with Gasteiger partial charge in [-0.2, -0.15) is 0 Å². The molecule has 1 aliphatic rings. The summed E-state index contributed by atoms with van der Waals surface area (Å²) >= 11 is 28.8. The first-order valence-electron chi connectivity index (χ1n) is 22.7. The van der Waals surface area contributed by atoms with Gasteiger partial charge < -0.3 is 29.2 Å². The SMILES string of the molecule is CCOC(=O)COc1c2cc(C(C)(C)C)cc1Cc1cc(C(C)(C)C)cc(c1O)Cc1cc(C(C)(C)C)cc(c1OCC(=O)OCC)Cc1cc(C(C)(C)C)cc(c1O)C2.ClC(Cl)Cl.ClC(Cl)Cl. The van der Waals surface area contributed by atoms with Crippen LogP contribution in [0.3, 0.4) is 0 Å². The van der Waals surface area contributed by atoms with Crippen LogP contribution >= 0.6 is 69.6 Å². The van der Waals surface area contributed by atoms with E-state index < -0.39 is 20.5 Å². The van der Waals surface area contributed by atoms with E-state index in [1.807, 2.05) is 0 Å². The Morgan fingerprint density at radius 2 is 0.632 bits per heavy atom. The first kappa shape index (κ1) is 59.1. The zero-order chi connectivity index (χ0) is 51.7. The second-order valence-electron chi connectivity index (χ2n) is 20.9. The molecule has 0 radical (unpaired) electrons. The monoisotopic (exact) mass is 1060 g/mol. The number of carbonyl (C=O) groups is 2. The van der Waals surface area contributed by atoms with Crippen LogP contribution in [0.15, 0.2) is 48.5 Å². The molecule has 0 saturated carbocycles. The lowest BCUT2D eigenvalue weighted by Crippen LogP contribution is -2.19. The molecule has 2 N–H and O–H groups in total. The Labute approximate surface area is 435 Å². The molecule has 0 atom stereocenters. The smallest absolute Gasteiger partial charge is 0.344 e. The van der Waals surface area contributed by atoms with Crippen molar-refractivity contribution in [3.05, 3.63) is 115 Å². The normalized spacial score (nSPS) is 12.9. The molecule has 14 heteroatoms. The summed E-state index contributed by atoms with van der Waals surface area (Å²) in [5.41, 5.74) is 9.21. The fourth-order valence-corrected chi connectivity index (χ4v) is 7.68. The summed E-state index contributed by atoms with van der Waals surface area (Å²) in [6, 6.07) is 16.8. The predicted molar refractivity (Wildman–Crippen MR) is 282 cm³/mol. The lowest BCUT2D eigenvalue weighted by Gasteiger charge is -2.28. The Morgan fingerprint density at radius 3 is 0.809 bits per heavy atom. The van der Waals surface area contributed by atoms with Gasteiger partial charge in [-0.25, -0.2) is 9.59 Å². The Morgan fingerprint density at radius 1 is 0.441 bits per heavy atom. The molecule has 1 aliphatic carbocycles. The zero-order valence-electron chi connectivity index (χ0n) is 42.0. The highest BCUT2D eigenvalue weighted by Crippen LogP contribution is 2.44. The number of hydrogen-bond acceptors (Lipinski definition) is 8. The zero-order valence-corrected chi connectivity index (χ0v) is 46.6. The number of aromatic hydroxyl groups is 2. The van der Waals surface area contributed by atoms with Crippen LogP contribution in [0.25, 0.3) is 0 Å². The van der Waals surface area contributed by atoms with E-state index >= 15 is 0 Å². The number of esters is 2. The van der Waals surface area contributed by atoms with Crippen LogP contribution in [0.2, 0.25) is 0 Å².